The first-order valence-electron chi connectivity index (χ1n) is 6.59. The minimum absolute atomic E-state index is 0.0756. The van der Waals surface area contributed by atoms with Crippen LogP contribution < -0.4 is 4.74 Å². The predicted molar refractivity (Wildman–Crippen MR) is 73.8 cm³/mol. The van der Waals surface area contributed by atoms with Crippen LogP contribution in [-0.4, -0.2) is 29.5 Å². The fourth-order valence-corrected chi connectivity index (χ4v) is 1.82. The zero-order chi connectivity index (χ0) is 15.2. The zero-order valence-corrected chi connectivity index (χ0v) is 11.6. The molecule has 2 amide bonds. The van der Waals surface area contributed by atoms with E-state index in [1.165, 1.54) is 6.08 Å². The molecule has 0 saturated carbocycles. The maximum atomic E-state index is 11.6. The van der Waals surface area contributed by atoms with E-state index in [0.717, 1.165) is 11.6 Å². The molecule has 1 fully saturated rings. The van der Waals surface area contributed by atoms with Gasteiger partial charge in [-0.1, -0.05) is 12.1 Å². The van der Waals surface area contributed by atoms with Gasteiger partial charge < -0.3 is 9.57 Å². The van der Waals surface area contributed by atoms with E-state index in [2.05, 4.69) is 0 Å². The van der Waals surface area contributed by atoms with Gasteiger partial charge in [0.25, 0.3) is 11.8 Å². The van der Waals surface area contributed by atoms with Crippen LogP contribution in [0.2, 0.25) is 0 Å². The van der Waals surface area contributed by atoms with Crippen molar-refractivity contribution in [1.29, 1.82) is 0 Å². The minimum Gasteiger partial charge on any atom is -0.494 e. The molecule has 0 unspecified atom stereocenters. The van der Waals surface area contributed by atoms with Crippen LogP contribution >= 0.6 is 0 Å². The van der Waals surface area contributed by atoms with Crippen molar-refractivity contribution in [2.75, 3.05) is 6.61 Å². The Labute approximate surface area is 121 Å². The first kappa shape index (κ1) is 14.8. The summed E-state index contributed by atoms with van der Waals surface area (Å²) in [4.78, 5) is 38.9. The van der Waals surface area contributed by atoms with Crippen LogP contribution in [0, 0.1) is 0 Å². The van der Waals surface area contributed by atoms with Crippen LogP contribution in [0.4, 0.5) is 0 Å². The van der Waals surface area contributed by atoms with Crippen molar-refractivity contribution in [2.45, 2.75) is 19.8 Å². The summed E-state index contributed by atoms with van der Waals surface area (Å²) in [5.41, 5.74) is 0.747. The number of ether oxygens (including phenoxy) is 1. The van der Waals surface area contributed by atoms with Crippen LogP contribution in [0.3, 0.4) is 0 Å². The van der Waals surface area contributed by atoms with Crippen molar-refractivity contribution in [1.82, 2.24) is 5.06 Å². The third kappa shape index (κ3) is 3.92. The van der Waals surface area contributed by atoms with Crippen molar-refractivity contribution in [3.8, 4) is 5.75 Å². The lowest BCUT2D eigenvalue weighted by molar-refractivity contribution is -0.193. The van der Waals surface area contributed by atoms with Crippen molar-refractivity contribution in [3.05, 3.63) is 35.9 Å². The molecule has 2 rings (SSSR count). The third-order valence-corrected chi connectivity index (χ3v) is 2.77. The van der Waals surface area contributed by atoms with Gasteiger partial charge in [0, 0.05) is 18.9 Å². The Hall–Kier alpha value is -2.63. The lowest BCUT2D eigenvalue weighted by Crippen LogP contribution is -2.31. The number of carbonyl (C=O) groups excluding carboxylic acids is 3. The fraction of sp³-hybridized carbons (Fsp3) is 0.267. The number of hydrogen-bond donors (Lipinski definition) is 0. The molecule has 0 aromatic heterocycles. The normalized spacial score (nSPS) is 14.8. The Bertz CT molecular complexity index is 577. The molecule has 1 aliphatic heterocycles. The Morgan fingerprint density at radius 2 is 2.00 bits per heavy atom. The summed E-state index contributed by atoms with van der Waals surface area (Å²) < 4.78 is 5.34. The lowest BCUT2D eigenvalue weighted by Gasteiger charge is -2.10. The molecule has 1 aromatic carbocycles. The van der Waals surface area contributed by atoms with E-state index in [-0.39, 0.29) is 12.8 Å². The van der Waals surface area contributed by atoms with Gasteiger partial charge in [0.15, 0.2) is 0 Å². The van der Waals surface area contributed by atoms with Gasteiger partial charge in [-0.25, -0.2) is 4.79 Å². The van der Waals surface area contributed by atoms with Gasteiger partial charge in [-0.3, -0.25) is 9.59 Å². The van der Waals surface area contributed by atoms with E-state index >= 15 is 0 Å². The molecule has 0 radical (unpaired) electrons. The summed E-state index contributed by atoms with van der Waals surface area (Å²) in [6.45, 7) is 2.43. The van der Waals surface area contributed by atoms with Crippen LogP contribution in [0.25, 0.3) is 6.08 Å². The number of benzene rings is 1. The number of carbonyl (C=O) groups is 3. The van der Waals surface area contributed by atoms with Crippen LogP contribution in [0.15, 0.2) is 30.3 Å². The Kier molecular flexibility index (Phi) is 4.71. The van der Waals surface area contributed by atoms with Crippen molar-refractivity contribution >= 4 is 23.9 Å². The Balaban J connectivity index is 1.97. The molecule has 6 heteroatoms. The second-order valence-electron chi connectivity index (χ2n) is 4.33. The van der Waals surface area contributed by atoms with E-state index in [0.29, 0.717) is 17.4 Å². The van der Waals surface area contributed by atoms with Crippen molar-refractivity contribution in [2.24, 2.45) is 0 Å². The van der Waals surface area contributed by atoms with E-state index in [1.807, 2.05) is 6.92 Å². The number of nitrogens with zero attached hydrogens (tertiary/aromatic N) is 1. The highest BCUT2D eigenvalue weighted by Crippen LogP contribution is 2.15. The first-order chi connectivity index (χ1) is 10.1. The number of amides is 2. The largest absolute Gasteiger partial charge is 0.494 e. The molecule has 1 saturated heterocycles. The van der Waals surface area contributed by atoms with E-state index in [4.69, 9.17) is 9.57 Å². The molecule has 1 aliphatic rings. The molecule has 1 aromatic rings. The molecule has 0 spiro atoms. The molecular weight excluding hydrogens is 274 g/mol. The quantitative estimate of drug-likeness (QED) is 0.609. The molecule has 110 valence electrons. The molecule has 0 bridgehead atoms. The fourth-order valence-electron chi connectivity index (χ4n) is 1.82. The molecule has 0 N–H and O–H groups in total. The molecule has 6 nitrogen and oxygen atoms in total. The summed E-state index contributed by atoms with van der Waals surface area (Å²) in [6.07, 6.45) is 2.83. The lowest BCUT2D eigenvalue weighted by atomic mass is 10.2. The van der Waals surface area contributed by atoms with Crippen molar-refractivity contribution in [3.63, 3.8) is 0 Å². The van der Waals surface area contributed by atoms with Crippen molar-refractivity contribution < 1.29 is 24.0 Å². The first-order valence-corrected chi connectivity index (χ1v) is 6.59. The monoisotopic (exact) mass is 289 g/mol. The summed E-state index contributed by atoms with van der Waals surface area (Å²) >= 11 is 0. The number of imide groups is 1. The topological polar surface area (TPSA) is 72.9 Å². The highest BCUT2D eigenvalue weighted by atomic mass is 16.7. The molecule has 1 heterocycles. The van der Waals surface area contributed by atoms with Crippen LogP contribution in [-0.2, 0) is 19.2 Å². The van der Waals surface area contributed by atoms with Gasteiger partial charge in [-0.05, 0) is 30.7 Å². The second kappa shape index (κ2) is 6.69. The number of rotatable bonds is 5. The average molecular weight is 289 g/mol. The van der Waals surface area contributed by atoms with Gasteiger partial charge in [0.05, 0.1) is 6.61 Å². The van der Waals surface area contributed by atoms with Crippen LogP contribution in [0.5, 0.6) is 5.75 Å². The highest BCUT2D eigenvalue weighted by Gasteiger charge is 2.32. The zero-order valence-electron chi connectivity index (χ0n) is 11.6. The highest BCUT2D eigenvalue weighted by molar-refractivity contribution is 6.02. The summed E-state index contributed by atoms with van der Waals surface area (Å²) in [5.74, 6) is -1.08. The summed E-state index contributed by atoms with van der Waals surface area (Å²) in [6, 6.07) is 7.15. The minimum atomic E-state index is -0.777. The van der Waals surface area contributed by atoms with Gasteiger partial charge >= 0.3 is 5.97 Å². The molecule has 0 aliphatic carbocycles. The Morgan fingerprint density at radius 1 is 1.29 bits per heavy atom. The van der Waals surface area contributed by atoms with Gasteiger partial charge in [-0.15, -0.1) is 5.06 Å². The Morgan fingerprint density at radius 3 is 2.67 bits per heavy atom. The SMILES string of the molecule is CCOc1cccc(/C=C/C(=O)ON2C(=O)CCC2=O)c1. The smallest absolute Gasteiger partial charge is 0.356 e. The predicted octanol–water partition coefficient (Wildman–Crippen LogP) is 1.71. The third-order valence-electron chi connectivity index (χ3n) is 2.77. The van der Waals surface area contributed by atoms with E-state index in [1.54, 1.807) is 24.3 Å². The number of hydrogen-bond acceptors (Lipinski definition) is 5. The number of hydroxylamine groups is 2. The van der Waals surface area contributed by atoms with Gasteiger partial charge in [0.1, 0.15) is 5.75 Å². The average Bonchev–Trinajstić information content (AvgIpc) is 2.78. The van der Waals surface area contributed by atoms with Gasteiger partial charge in [0.2, 0.25) is 0 Å². The molecular formula is C15H15NO5. The van der Waals surface area contributed by atoms with Crippen LogP contribution in [0.1, 0.15) is 25.3 Å². The maximum absolute atomic E-state index is 11.6. The maximum Gasteiger partial charge on any atom is 0.356 e. The van der Waals surface area contributed by atoms with Gasteiger partial charge in [-0.2, -0.15) is 0 Å². The molecule has 0 atom stereocenters. The standard InChI is InChI=1S/C15H15NO5/c1-2-20-12-5-3-4-11(10-12)6-9-15(19)21-16-13(17)7-8-14(16)18/h3-6,9-10H,2,7-8H2,1H3/b9-6+. The summed E-state index contributed by atoms with van der Waals surface area (Å²) in [7, 11) is 0. The summed E-state index contributed by atoms with van der Waals surface area (Å²) in [5, 5.41) is 0.517. The van der Waals surface area contributed by atoms with E-state index in [9.17, 15) is 14.4 Å². The second-order valence-corrected chi connectivity index (χ2v) is 4.33. The van der Waals surface area contributed by atoms with E-state index < -0.39 is 17.8 Å². The molecule has 21 heavy (non-hydrogen) atoms.